The highest BCUT2D eigenvalue weighted by molar-refractivity contribution is 7.82. The summed E-state index contributed by atoms with van der Waals surface area (Å²) < 4.78 is 55.0. The molecule has 0 aliphatic carbocycles. The van der Waals surface area contributed by atoms with Crippen LogP contribution in [0.5, 0.6) is 5.75 Å². The predicted molar refractivity (Wildman–Crippen MR) is 102 cm³/mol. The molecule has 0 radical (unpaired) electrons. The Morgan fingerprint density at radius 1 is 1.21 bits per heavy atom. The van der Waals surface area contributed by atoms with Crippen molar-refractivity contribution in [2.24, 2.45) is 0 Å². The van der Waals surface area contributed by atoms with Crippen molar-refractivity contribution in [1.29, 1.82) is 0 Å². The van der Waals surface area contributed by atoms with Crippen LogP contribution in [0.4, 0.5) is 13.6 Å². The Labute approximate surface area is 171 Å². The van der Waals surface area contributed by atoms with E-state index in [0.29, 0.717) is 44.1 Å². The third kappa shape index (κ3) is 5.64. The average molecular weight is 432 g/mol. The summed E-state index contributed by atoms with van der Waals surface area (Å²) in [7, 11) is -1.48. The number of amides is 1. The van der Waals surface area contributed by atoms with Crippen molar-refractivity contribution in [1.82, 2.24) is 9.21 Å². The van der Waals surface area contributed by atoms with Gasteiger partial charge in [0.2, 0.25) is 0 Å². The zero-order valence-corrected chi connectivity index (χ0v) is 17.5. The monoisotopic (exact) mass is 432 g/mol. The summed E-state index contributed by atoms with van der Waals surface area (Å²) in [5.74, 6) is 0.0167. The third-order valence-electron chi connectivity index (χ3n) is 4.67. The maximum atomic E-state index is 13.0. The highest BCUT2D eigenvalue weighted by atomic mass is 32.2. The number of likely N-dealkylation sites (tertiary alicyclic amines) is 1. The van der Waals surface area contributed by atoms with Crippen molar-refractivity contribution in [3.8, 4) is 5.75 Å². The van der Waals surface area contributed by atoms with Crippen molar-refractivity contribution >= 4 is 17.1 Å². The van der Waals surface area contributed by atoms with Crippen LogP contribution < -0.4 is 4.74 Å². The van der Waals surface area contributed by atoms with Gasteiger partial charge in [0.15, 0.2) is 0 Å². The molecular weight excluding hydrogens is 406 g/mol. The molecule has 3 rings (SSSR count). The Kier molecular flexibility index (Phi) is 6.45. The van der Waals surface area contributed by atoms with Crippen molar-refractivity contribution in [3.63, 3.8) is 0 Å². The zero-order valence-electron chi connectivity index (χ0n) is 16.7. The molecule has 0 aromatic heterocycles. The van der Waals surface area contributed by atoms with Gasteiger partial charge in [-0.05, 0) is 51.5 Å². The first-order chi connectivity index (χ1) is 13.6. The van der Waals surface area contributed by atoms with Gasteiger partial charge in [0.1, 0.15) is 27.9 Å². The number of hydrogen-bond acceptors (Lipinski definition) is 5. The van der Waals surface area contributed by atoms with E-state index < -0.39 is 28.8 Å². The second-order valence-corrected chi connectivity index (χ2v) is 9.63. The smallest absolute Gasteiger partial charge is 0.410 e. The largest absolute Gasteiger partial charge is 0.444 e. The molecule has 1 aromatic carbocycles. The standard InChI is InChI=1S/C19H26F2N2O5S/c1-18(2,3)28-17(24)22-9-8-19(12-22)13-23(10-11-26-19)29(25)15-6-4-14(5-7-15)27-16(20)21/h4-7,16H,8-13H2,1-3H3. The summed E-state index contributed by atoms with van der Waals surface area (Å²) >= 11 is 0. The van der Waals surface area contributed by atoms with E-state index in [1.807, 2.05) is 20.8 Å². The quantitative estimate of drug-likeness (QED) is 0.732. The van der Waals surface area contributed by atoms with E-state index in [2.05, 4.69) is 4.74 Å². The van der Waals surface area contributed by atoms with Crippen LogP contribution in [0.15, 0.2) is 29.2 Å². The number of rotatable bonds is 4. The molecule has 0 saturated carbocycles. The number of carbonyl (C=O) groups excluding carboxylic acids is 1. The minimum Gasteiger partial charge on any atom is -0.444 e. The van der Waals surface area contributed by atoms with Gasteiger partial charge < -0.3 is 19.1 Å². The fourth-order valence-corrected chi connectivity index (χ4v) is 4.67. The van der Waals surface area contributed by atoms with Gasteiger partial charge >= 0.3 is 12.7 Å². The maximum absolute atomic E-state index is 13.0. The molecule has 0 N–H and O–H groups in total. The van der Waals surface area contributed by atoms with E-state index in [4.69, 9.17) is 9.47 Å². The Morgan fingerprint density at radius 3 is 2.52 bits per heavy atom. The number of alkyl halides is 2. The highest BCUT2D eigenvalue weighted by Crippen LogP contribution is 2.32. The van der Waals surface area contributed by atoms with Gasteiger partial charge in [0.25, 0.3) is 0 Å². The summed E-state index contributed by atoms with van der Waals surface area (Å²) in [5, 5.41) is 0. The Morgan fingerprint density at radius 2 is 1.90 bits per heavy atom. The summed E-state index contributed by atoms with van der Waals surface area (Å²) in [4.78, 5) is 14.5. The fourth-order valence-electron chi connectivity index (χ4n) is 3.41. The van der Waals surface area contributed by atoms with Crippen LogP contribution in [0, 0.1) is 0 Å². The van der Waals surface area contributed by atoms with E-state index in [1.165, 1.54) is 24.3 Å². The molecule has 0 bridgehead atoms. The number of benzene rings is 1. The number of ether oxygens (including phenoxy) is 3. The normalized spacial score (nSPS) is 24.1. The van der Waals surface area contributed by atoms with Crippen LogP contribution in [0.2, 0.25) is 0 Å². The first kappa shape index (κ1) is 21.9. The molecule has 2 aliphatic rings. The lowest BCUT2D eigenvalue weighted by Crippen LogP contribution is -2.54. The van der Waals surface area contributed by atoms with Crippen LogP contribution >= 0.6 is 0 Å². The lowest BCUT2D eigenvalue weighted by Gasteiger charge is -2.39. The Balaban J connectivity index is 1.63. The molecule has 2 aliphatic heterocycles. The highest BCUT2D eigenvalue weighted by Gasteiger charge is 2.46. The number of carbonyl (C=O) groups is 1. The Hall–Kier alpha value is -1.78. The van der Waals surface area contributed by atoms with Gasteiger partial charge in [0, 0.05) is 19.6 Å². The second-order valence-electron chi connectivity index (χ2n) is 8.15. The summed E-state index contributed by atoms with van der Waals surface area (Å²) in [5.41, 5.74) is -1.17. The molecule has 1 amide bonds. The van der Waals surface area contributed by atoms with E-state index in [9.17, 15) is 17.8 Å². The molecule has 2 heterocycles. The van der Waals surface area contributed by atoms with Crippen LogP contribution in [-0.2, 0) is 20.5 Å². The molecule has 1 aromatic rings. The first-order valence-corrected chi connectivity index (χ1v) is 10.5. The van der Waals surface area contributed by atoms with E-state index in [0.717, 1.165) is 0 Å². The number of nitrogens with zero attached hydrogens (tertiary/aromatic N) is 2. The van der Waals surface area contributed by atoms with Crippen molar-refractivity contribution in [2.75, 3.05) is 32.8 Å². The maximum Gasteiger partial charge on any atom is 0.410 e. The number of morpholine rings is 1. The minimum absolute atomic E-state index is 0.0167. The number of halogens is 2. The average Bonchev–Trinajstić information content (AvgIpc) is 3.03. The van der Waals surface area contributed by atoms with Crippen molar-refractivity contribution < 1.29 is 32.0 Å². The van der Waals surface area contributed by atoms with Crippen LogP contribution in [-0.4, -0.2) is 70.1 Å². The SMILES string of the molecule is CC(C)(C)OC(=O)N1CCC2(C1)CN(S(=O)c1ccc(OC(F)F)cc1)CCO2. The molecular formula is C19H26F2N2O5S. The molecule has 2 unspecified atom stereocenters. The third-order valence-corrected chi connectivity index (χ3v) is 6.12. The van der Waals surface area contributed by atoms with Crippen LogP contribution in [0.3, 0.4) is 0 Å². The zero-order chi connectivity index (χ0) is 21.2. The predicted octanol–water partition coefficient (Wildman–Crippen LogP) is 3.02. The summed E-state index contributed by atoms with van der Waals surface area (Å²) in [6, 6.07) is 5.76. The molecule has 2 fully saturated rings. The van der Waals surface area contributed by atoms with E-state index in [1.54, 1.807) is 9.21 Å². The van der Waals surface area contributed by atoms with Crippen LogP contribution in [0.25, 0.3) is 0 Å². The summed E-state index contributed by atoms with van der Waals surface area (Å²) in [6.45, 7) is 4.68. The molecule has 29 heavy (non-hydrogen) atoms. The molecule has 162 valence electrons. The molecule has 7 nitrogen and oxygen atoms in total. The van der Waals surface area contributed by atoms with Gasteiger partial charge in [-0.2, -0.15) is 8.78 Å². The van der Waals surface area contributed by atoms with Gasteiger partial charge in [0.05, 0.1) is 18.0 Å². The Bertz CT molecular complexity index is 756. The van der Waals surface area contributed by atoms with Gasteiger partial charge in [-0.1, -0.05) is 0 Å². The van der Waals surface area contributed by atoms with Gasteiger partial charge in [-0.3, -0.25) is 0 Å². The lowest BCUT2D eigenvalue weighted by molar-refractivity contribution is -0.0803. The van der Waals surface area contributed by atoms with Gasteiger partial charge in [-0.15, -0.1) is 0 Å². The topological polar surface area (TPSA) is 68.3 Å². The number of hydrogen-bond donors (Lipinski definition) is 0. The minimum atomic E-state index is -2.90. The van der Waals surface area contributed by atoms with E-state index in [-0.39, 0.29) is 11.8 Å². The molecule has 10 heteroatoms. The summed E-state index contributed by atoms with van der Waals surface area (Å²) in [6.07, 6.45) is 0.243. The molecule has 2 atom stereocenters. The first-order valence-electron chi connectivity index (χ1n) is 9.41. The lowest BCUT2D eigenvalue weighted by atomic mass is 10.0. The second kappa shape index (κ2) is 8.53. The van der Waals surface area contributed by atoms with Gasteiger partial charge in [-0.25, -0.2) is 13.3 Å². The van der Waals surface area contributed by atoms with Crippen molar-refractivity contribution in [2.45, 2.75) is 49.9 Å². The molecule has 1 spiro atoms. The van der Waals surface area contributed by atoms with Crippen LogP contribution in [0.1, 0.15) is 27.2 Å². The molecule has 2 saturated heterocycles. The van der Waals surface area contributed by atoms with E-state index >= 15 is 0 Å². The fraction of sp³-hybridized carbons (Fsp3) is 0.632. The van der Waals surface area contributed by atoms with Crippen molar-refractivity contribution in [3.05, 3.63) is 24.3 Å².